The van der Waals surface area contributed by atoms with Crippen LogP contribution in [0.4, 0.5) is 5.69 Å². The molecule has 3 aromatic rings. The van der Waals surface area contributed by atoms with Gasteiger partial charge in [-0.05, 0) is 63.4 Å². The van der Waals surface area contributed by atoms with Gasteiger partial charge in [-0.15, -0.1) is 11.3 Å². The largest absolute Gasteiger partial charge is 0.493 e. The number of anilines is 1. The standard InChI is InChI=1S/C26H34N4O4S/c1-6-29(7-2)15-22-28-25-23(18-10-8-9-11-21(18)35-25)26(32)30(22)16(3)24(31)27-17-12-13-19(33-4)20(14-17)34-5/h12-14,16H,6-11,15H2,1-5H3,(H,27,31). The fraction of sp³-hybridized carbons (Fsp3) is 0.500. The van der Waals surface area contributed by atoms with Gasteiger partial charge in [-0.3, -0.25) is 19.1 Å². The van der Waals surface area contributed by atoms with E-state index in [-0.39, 0.29) is 11.5 Å². The SMILES string of the molecule is CCN(CC)Cc1nc2sc3c(c2c(=O)n1C(C)C(=O)Nc1ccc(OC)c(OC)c1)CCCC3. The number of aryl methyl sites for hydroxylation is 2. The lowest BCUT2D eigenvalue weighted by Gasteiger charge is -2.23. The van der Waals surface area contributed by atoms with Gasteiger partial charge >= 0.3 is 0 Å². The Morgan fingerprint density at radius 1 is 1.17 bits per heavy atom. The molecule has 0 aliphatic heterocycles. The van der Waals surface area contributed by atoms with Gasteiger partial charge in [-0.2, -0.15) is 0 Å². The third kappa shape index (κ3) is 4.92. The molecule has 9 heteroatoms. The normalized spacial score (nSPS) is 14.1. The van der Waals surface area contributed by atoms with Crippen LogP contribution in [0.2, 0.25) is 0 Å². The van der Waals surface area contributed by atoms with Gasteiger partial charge in [-0.1, -0.05) is 13.8 Å². The molecule has 1 aliphatic rings. The Kier molecular flexibility index (Phi) is 7.76. The van der Waals surface area contributed by atoms with Gasteiger partial charge in [0, 0.05) is 16.6 Å². The van der Waals surface area contributed by atoms with E-state index in [1.165, 1.54) is 4.88 Å². The summed E-state index contributed by atoms with van der Waals surface area (Å²) in [5, 5.41) is 3.63. The molecular formula is C26H34N4O4S. The predicted octanol–water partition coefficient (Wildman–Crippen LogP) is 4.40. The first-order valence-electron chi connectivity index (χ1n) is 12.2. The van der Waals surface area contributed by atoms with Crippen LogP contribution < -0.4 is 20.3 Å². The van der Waals surface area contributed by atoms with Gasteiger partial charge in [0.2, 0.25) is 5.91 Å². The van der Waals surface area contributed by atoms with Gasteiger partial charge in [0.25, 0.3) is 5.56 Å². The Morgan fingerprint density at radius 3 is 2.57 bits per heavy atom. The van der Waals surface area contributed by atoms with Gasteiger partial charge in [0.05, 0.1) is 26.2 Å². The molecule has 2 heterocycles. The fourth-order valence-corrected chi connectivity index (χ4v) is 5.97. The van der Waals surface area contributed by atoms with Crippen LogP contribution in [0, 0.1) is 0 Å². The zero-order chi connectivity index (χ0) is 25.1. The van der Waals surface area contributed by atoms with Crippen molar-refractivity contribution in [2.45, 2.75) is 59.0 Å². The maximum Gasteiger partial charge on any atom is 0.263 e. The van der Waals surface area contributed by atoms with E-state index < -0.39 is 6.04 Å². The maximum absolute atomic E-state index is 13.9. The summed E-state index contributed by atoms with van der Waals surface area (Å²) < 4.78 is 12.2. The lowest BCUT2D eigenvalue weighted by atomic mass is 9.97. The van der Waals surface area contributed by atoms with Crippen LogP contribution in [-0.4, -0.2) is 47.7 Å². The van der Waals surface area contributed by atoms with Crippen molar-refractivity contribution in [2.24, 2.45) is 0 Å². The van der Waals surface area contributed by atoms with E-state index in [0.717, 1.165) is 49.2 Å². The number of carbonyl (C=O) groups excluding carboxylic acids is 1. The average molecular weight is 499 g/mol. The van der Waals surface area contributed by atoms with Crippen LogP contribution in [0.5, 0.6) is 11.5 Å². The van der Waals surface area contributed by atoms with Crippen LogP contribution in [0.1, 0.15) is 55.9 Å². The van der Waals surface area contributed by atoms with Crippen LogP contribution in [0.15, 0.2) is 23.0 Å². The van der Waals surface area contributed by atoms with E-state index in [0.29, 0.717) is 34.9 Å². The second-order valence-electron chi connectivity index (χ2n) is 8.79. The summed E-state index contributed by atoms with van der Waals surface area (Å²) in [5.41, 5.74) is 1.58. The number of hydrogen-bond donors (Lipinski definition) is 1. The van der Waals surface area contributed by atoms with Crippen molar-refractivity contribution in [3.63, 3.8) is 0 Å². The number of rotatable bonds is 9. The van der Waals surface area contributed by atoms with E-state index >= 15 is 0 Å². The molecule has 8 nitrogen and oxygen atoms in total. The average Bonchev–Trinajstić information content (AvgIpc) is 3.25. The third-order valence-electron chi connectivity index (χ3n) is 6.77. The number of carbonyl (C=O) groups is 1. The number of benzene rings is 1. The summed E-state index contributed by atoms with van der Waals surface area (Å²) in [7, 11) is 3.11. The molecule has 2 aromatic heterocycles. The van der Waals surface area contributed by atoms with Crippen LogP contribution in [0.25, 0.3) is 10.2 Å². The second kappa shape index (κ2) is 10.8. The summed E-state index contributed by atoms with van der Waals surface area (Å²) >= 11 is 1.64. The number of nitrogens with zero attached hydrogens (tertiary/aromatic N) is 3. The summed E-state index contributed by atoms with van der Waals surface area (Å²) in [6.45, 7) is 8.10. The minimum atomic E-state index is -0.739. The summed E-state index contributed by atoms with van der Waals surface area (Å²) in [4.78, 5) is 36.5. The van der Waals surface area contributed by atoms with Crippen molar-refractivity contribution < 1.29 is 14.3 Å². The van der Waals surface area contributed by atoms with E-state index in [4.69, 9.17) is 14.5 Å². The minimum Gasteiger partial charge on any atom is -0.493 e. The zero-order valence-electron chi connectivity index (χ0n) is 21.1. The zero-order valence-corrected chi connectivity index (χ0v) is 22.0. The highest BCUT2D eigenvalue weighted by Crippen LogP contribution is 2.34. The summed E-state index contributed by atoms with van der Waals surface area (Å²) in [5.74, 6) is 1.43. The predicted molar refractivity (Wildman–Crippen MR) is 140 cm³/mol. The molecule has 4 rings (SSSR count). The Bertz CT molecular complexity index is 1280. The quantitative estimate of drug-likeness (QED) is 0.471. The highest BCUT2D eigenvalue weighted by Gasteiger charge is 2.27. The first-order valence-corrected chi connectivity index (χ1v) is 13.0. The number of ether oxygens (including phenoxy) is 2. The van der Waals surface area contributed by atoms with Gasteiger partial charge < -0.3 is 14.8 Å². The Hall–Kier alpha value is -2.91. The number of thiophene rings is 1. The molecule has 1 aliphatic carbocycles. The lowest BCUT2D eigenvalue weighted by molar-refractivity contribution is -0.119. The molecule has 188 valence electrons. The van der Waals surface area contributed by atoms with Gasteiger partial charge in [0.15, 0.2) is 11.5 Å². The van der Waals surface area contributed by atoms with Crippen molar-refractivity contribution >= 4 is 33.1 Å². The van der Waals surface area contributed by atoms with Crippen molar-refractivity contribution in [2.75, 3.05) is 32.6 Å². The Labute approximate surface area is 209 Å². The topological polar surface area (TPSA) is 85.7 Å². The molecule has 1 aromatic carbocycles. The molecule has 1 amide bonds. The lowest BCUT2D eigenvalue weighted by Crippen LogP contribution is -2.37. The molecule has 0 saturated heterocycles. The van der Waals surface area contributed by atoms with Gasteiger partial charge in [-0.25, -0.2) is 4.98 Å². The summed E-state index contributed by atoms with van der Waals surface area (Å²) in [6, 6.07) is 4.46. The monoisotopic (exact) mass is 498 g/mol. The Balaban J connectivity index is 1.75. The molecule has 0 bridgehead atoms. The molecule has 0 radical (unpaired) electrons. The van der Waals surface area contributed by atoms with E-state index in [2.05, 4.69) is 24.1 Å². The van der Waals surface area contributed by atoms with Crippen LogP contribution in [0.3, 0.4) is 0 Å². The smallest absolute Gasteiger partial charge is 0.263 e. The number of methoxy groups -OCH3 is 2. The molecule has 1 N–H and O–H groups in total. The van der Waals surface area contributed by atoms with Crippen LogP contribution >= 0.6 is 11.3 Å². The number of fused-ring (bicyclic) bond motifs is 3. The van der Waals surface area contributed by atoms with Crippen molar-refractivity contribution in [3.05, 3.63) is 44.8 Å². The highest BCUT2D eigenvalue weighted by atomic mass is 32.1. The maximum atomic E-state index is 13.9. The molecular weight excluding hydrogens is 464 g/mol. The van der Waals surface area contributed by atoms with Crippen molar-refractivity contribution in [1.29, 1.82) is 0 Å². The highest BCUT2D eigenvalue weighted by molar-refractivity contribution is 7.18. The molecule has 0 fully saturated rings. The summed E-state index contributed by atoms with van der Waals surface area (Å²) in [6.07, 6.45) is 4.11. The minimum absolute atomic E-state index is 0.119. The first-order chi connectivity index (χ1) is 16.9. The fourth-order valence-electron chi connectivity index (χ4n) is 4.70. The first kappa shape index (κ1) is 25.2. The third-order valence-corrected chi connectivity index (χ3v) is 7.96. The molecule has 1 atom stereocenters. The van der Waals surface area contributed by atoms with Crippen molar-refractivity contribution in [1.82, 2.24) is 14.5 Å². The van der Waals surface area contributed by atoms with E-state index in [9.17, 15) is 9.59 Å². The van der Waals surface area contributed by atoms with Crippen molar-refractivity contribution in [3.8, 4) is 11.5 Å². The second-order valence-corrected chi connectivity index (χ2v) is 9.87. The molecule has 35 heavy (non-hydrogen) atoms. The van der Waals surface area contributed by atoms with Crippen LogP contribution in [-0.2, 0) is 24.2 Å². The number of hydrogen-bond acceptors (Lipinski definition) is 7. The number of amides is 1. The van der Waals surface area contributed by atoms with E-state index in [1.807, 2.05) is 0 Å². The molecule has 1 unspecified atom stereocenters. The van der Waals surface area contributed by atoms with Gasteiger partial charge in [0.1, 0.15) is 16.7 Å². The van der Waals surface area contributed by atoms with E-state index in [1.54, 1.807) is 55.2 Å². The molecule has 0 spiro atoms. The number of nitrogens with one attached hydrogen (secondary N) is 1. The molecule has 0 saturated carbocycles. The Morgan fingerprint density at radius 2 is 1.89 bits per heavy atom. The number of aromatic nitrogens is 2.